The zero-order valence-electron chi connectivity index (χ0n) is 11.4. The first kappa shape index (κ1) is 12.7. The van der Waals surface area contributed by atoms with Crippen molar-refractivity contribution in [2.24, 2.45) is 22.5 Å². The summed E-state index contributed by atoms with van der Waals surface area (Å²) in [4.78, 5) is 0. The molecule has 2 N–H and O–H groups in total. The van der Waals surface area contributed by atoms with E-state index in [0.29, 0.717) is 12.5 Å². The van der Waals surface area contributed by atoms with Gasteiger partial charge in [0.2, 0.25) is 0 Å². The van der Waals surface area contributed by atoms with Crippen molar-refractivity contribution in [3.63, 3.8) is 0 Å². The molecular weight excluding hydrogens is 214 g/mol. The van der Waals surface area contributed by atoms with E-state index < -0.39 is 0 Å². The van der Waals surface area contributed by atoms with Gasteiger partial charge in [-0.3, -0.25) is 0 Å². The van der Waals surface area contributed by atoms with Gasteiger partial charge in [0, 0.05) is 7.11 Å². The molecule has 1 atom stereocenters. The van der Waals surface area contributed by atoms with Crippen molar-refractivity contribution in [3.8, 4) is 0 Å². The van der Waals surface area contributed by atoms with Crippen LogP contribution in [0.4, 0.5) is 0 Å². The fraction of sp³-hybridized carbons (Fsp3) is 0.714. The molecule has 0 aromatic carbocycles. The van der Waals surface area contributed by atoms with Gasteiger partial charge in [-0.15, -0.1) is 0 Å². The first-order chi connectivity index (χ1) is 7.82. The molecule has 1 saturated carbocycles. The number of rotatable bonds is 4. The smallest absolute Gasteiger partial charge is 0.129 e. The molecule has 1 aromatic rings. The molecule has 1 aromatic heterocycles. The van der Waals surface area contributed by atoms with Gasteiger partial charge < -0.3 is 14.9 Å². The van der Waals surface area contributed by atoms with Crippen LogP contribution in [0.25, 0.3) is 0 Å². The van der Waals surface area contributed by atoms with Gasteiger partial charge >= 0.3 is 0 Å². The van der Waals surface area contributed by atoms with Crippen molar-refractivity contribution < 1.29 is 9.15 Å². The molecule has 1 aliphatic carbocycles. The van der Waals surface area contributed by atoms with Crippen LogP contribution in [0.5, 0.6) is 0 Å². The predicted molar refractivity (Wildman–Crippen MR) is 67.4 cm³/mol. The van der Waals surface area contributed by atoms with Gasteiger partial charge in [0.15, 0.2) is 0 Å². The van der Waals surface area contributed by atoms with Crippen molar-refractivity contribution >= 4 is 0 Å². The van der Waals surface area contributed by atoms with Gasteiger partial charge in [-0.05, 0) is 28.9 Å². The van der Waals surface area contributed by atoms with E-state index in [4.69, 9.17) is 14.9 Å². The third-order valence-corrected chi connectivity index (χ3v) is 4.79. The molecule has 1 heterocycles. The normalized spacial score (nSPS) is 23.6. The highest BCUT2D eigenvalue weighted by Crippen LogP contribution is 2.71. The molecule has 1 aliphatic rings. The van der Waals surface area contributed by atoms with E-state index in [2.05, 4.69) is 27.7 Å². The minimum absolute atomic E-state index is 0.0226. The Kier molecular flexibility index (Phi) is 2.87. The minimum Gasteiger partial charge on any atom is -0.462 e. The van der Waals surface area contributed by atoms with E-state index in [-0.39, 0.29) is 16.9 Å². The summed E-state index contributed by atoms with van der Waals surface area (Å²) in [5.74, 6) is 2.19. The molecule has 0 radical (unpaired) electrons. The monoisotopic (exact) mass is 237 g/mol. The highest BCUT2D eigenvalue weighted by molar-refractivity contribution is 5.22. The van der Waals surface area contributed by atoms with E-state index in [1.54, 1.807) is 7.11 Å². The van der Waals surface area contributed by atoms with Crippen LogP contribution in [-0.2, 0) is 11.3 Å². The molecule has 0 saturated heterocycles. The van der Waals surface area contributed by atoms with E-state index in [9.17, 15) is 0 Å². The molecule has 1 unspecified atom stereocenters. The Hall–Kier alpha value is -0.800. The number of hydrogen-bond donors (Lipinski definition) is 1. The Morgan fingerprint density at radius 1 is 1.29 bits per heavy atom. The second-order valence-corrected chi connectivity index (χ2v) is 6.18. The average molecular weight is 237 g/mol. The SMILES string of the molecule is COCc1ccc(C(N)C2C(C)(C)C2(C)C)o1. The zero-order chi connectivity index (χ0) is 12.8. The van der Waals surface area contributed by atoms with Crippen molar-refractivity contribution in [3.05, 3.63) is 23.7 Å². The van der Waals surface area contributed by atoms with Crippen molar-refractivity contribution in [1.82, 2.24) is 0 Å². The molecule has 17 heavy (non-hydrogen) atoms. The third kappa shape index (κ3) is 1.81. The van der Waals surface area contributed by atoms with Crippen LogP contribution >= 0.6 is 0 Å². The molecule has 0 aliphatic heterocycles. The number of methoxy groups -OCH3 is 1. The second kappa shape index (κ2) is 3.85. The molecule has 0 bridgehead atoms. The number of nitrogens with two attached hydrogens (primary N) is 1. The molecule has 96 valence electrons. The van der Waals surface area contributed by atoms with Crippen LogP contribution in [0.2, 0.25) is 0 Å². The summed E-state index contributed by atoms with van der Waals surface area (Å²) in [6, 6.07) is 3.90. The van der Waals surface area contributed by atoms with Crippen LogP contribution in [0.15, 0.2) is 16.5 Å². The van der Waals surface area contributed by atoms with Crippen LogP contribution < -0.4 is 5.73 Å². The van der Waals surface area contributed by atoms with E-state index in [1.165, 1.54) is 0 Å². The maximum Gasteiger partial charge on any atom is 0.129 e. The summed E-state index contributed by atoms with van der Waals surface area (Å²) < 4.78 is 10.8. The van der Waals surface area contributed by atoms with Gasteiger partial charge in [0.25, 0.3) is 0 Å². The van der Waals surface area contributed by atoms with Gasteiger partial charge in [-0.25, -0.2) is 0 Å². The molecular formula is C14H23NO2. The van der Waals surface area contributed by atoms with Crippen LogP contribution in [-0.4, -0.2) is 7.11 Å². The minimum atomic E-state index is -0.0226. The Balaban J connectivity index is 2.13. The average Bonchev–Trinajstić information content (AvgIpc) is 2.59. The molecule has 2 rings (SSSR count). The lowest BCUT2D eigenvalue weighted by Gasteiger charge is -2.10. The highest BCUT2D eigenvalue weighted by atomic mass is 16.5. The number of hydrogen-bond acceptors (Lipinski definition) is 3. The zero-order valence-corrected chi connectivity index (χ0v) is 11.4. The summed E-state index contributed by atoms with van der Waals surface area (Å²) in [5, 5.41) is 0. The van der Waals surface area contributed by atoms with E-state index in [1.807, 2.05) is 12.1 Å². The standard InChI is InChI=1S/C14H23NO2/c1-13(2)12(14(13,3)4)11(15)10-7-6-9(17-10)8-16-5/h6-7,11-12H,8,15H2,1-5H3. The first-order valence-corrected chi connectivity index (χ1v) is 6.15. The second-order valence-electron chi connectivity index (χ2n) is 6.18. The topological polar surface area (TPSA) is 48.4 Å². The fourth-order valence-corrected chi connectivity index (χ4v) is 3.10. The summed E-state index contributed by atoms with van der Waals surface area (Å²) in [5.41, 5.74) is 6.88. The lowest BCUT2D eigenvalue weighted by Crippen LogP contribution is -2.15. The number of ether oxygens (including phenoxy) is 1. The number of furan rings is 1. The van der Waals surface area contributed by atoms with Crippen LogP contribution in [0, 0.1) is 16.7 Å². The van der Waals surface area contributed by atoms with Gasteiger partial charge in [-0.2, -0.15) is 0 Å². The maximum absolute atomic E-state index is 6.33. The summed E-state index contributed by atoms with van der Waals surface area (Å²) in [6.45, 7) is 9.60. The third-order valence-electron chi connectivity index (χ3n) is 4.79. The van der Waals surface area contributed by atoms with E-state index >= 15 is 0 Å². The van der Waals surface area contributed by atoms with Crippen LogP contribution in [0.3, 0.4) is 0 Å². The van der Waals surface area contributed by atoms with Crippen LogP contribution in [0.1, 0.15) is 45.3 Å². The molecule has 3 heteroatoms. The van der Waals surface area contributed by atoms with Gasteiger partial charge in [-0.1, -0.05) is 27.7 Å². The largest absolute Gasteiger partial charge is 0.462 e. The lowest BCUT2D eigenvalue weighted by atomic mass is 10.0. The molecule has 1 fully saturated rings. The summed E-state index contributed by atoms with van der Waals surface area (Å²) in [7, 11) is 1.66. The van der Waals surface area contributed by atoms with Crippen molar-refractivity contribution in [2.45, 2.75) is 40.3 Å². The Morgan fingerprint density at radius 3 is 2.35 bits per heavy atom. The summed E-state index contributed by atoms with van der Waals surface area (Å²) in [6.07, 6.45) is 0. The van der Waals surface area contributed by atoms with Gasteiger partial charge in [0.1, 0.15) is 18.1 Å². The Morgan fingerprint density at radius 2 is 1.88 bits per heavy atom. The highest BCUT2D eigenvalue weighted by Gasteiger charge is 2.67. The lowest BCUT2D eigenvalue weighted by molar-refractivity contribution is 0.161. The summed E-state index contributed by atoms with van der Waals surface area (Å²) >= 11 is 0. The van der Waals surface area contributed by atoms with Crippen molar-refractivity contribution in [2.75, 3.05) is 7.11 Å². The molecule has 0 spiro atoms. The quantitative estimate of drug-likeness (QED) is 0.875. The Labute approximate surface area is 103 Å². The van der Waals surface area contributed by atoms with Crippen molar-refractivity contribution in [1.29, 1.82) is 0 Å². The molecule has 3 nitrogen and oxygen atoms in total. The molecule has 0 amide bonds. The fourth-order valence-electron chi connectivity index (χ4n) is 3.10. The van der Waals surface area contributed by atoms with E-state index in [0.717, 1.165) is 11.5 Å². The predicted octanol–water partition coefficient (Wildman–Crippen LogP) is 3.11. The first-order valence-electron chi connectivity index (χ1n) is 6.15. The maximum atomic E-state index is 6.33. The van der Waals surface area contributed by atoms with Gasteiger partial charge in [0.05, 0.1) is 6.04 Å². The Bertz CT molecular complexity index is 392.